The van der Waals surface area contributed by atoms with E-state index in [1.54, 1.807) is 6.07 Å². The molecule has 0 atom stereocenters. The van der Waals surface area contributed by atoms with Gasteiger partial charge in [0.05, 0.1) is 11.3 Å². The molecule has 0 aliphatic carbocycles. The van der Waals surface area contributed by atoms with E-state index in [1.807, 2.05) is 18.4 Å². The zero-order chi connectivity index (χ0) is 14.1. The Labute approximate surface area is 120 Å². The van der Waals surface area contributed by atoms with E-state index in [0.29, 0.717) is 28.5 Å². The number of carbonyl (C=O) groups is 1. The average Bonchev–Trinajstić information content (AvgIpc) is 2.87. The number of thioether (sulfide) groups is 1. The highest BCUT2D eigenvalue weighted by molar-refractivity contribution is 7.98. The molecule has 1 aliphatic rings. The van der Waals surface area contributed by atoms with Crippen molar-refractivity contribution in [1.82, 2.24) is 15.3 Å². The molecule has 1 amide bonds. The lowest BCUT2D eigenvalue weighted by molar-refractivity contribution is 0.0966. The van der Waals surface area contributed by atoms with Crippen molar-refractivity contribution in [2.75, 3.05) is 6.26 Å². The zero-order valence-electron chi connectivity index (χ0n) is 10.7. The standard InChI is InChI=1S/C14H10N4OS/c1-20-14-17-7-10(5-15)12(18-14)8-2-3-9-6-16-13(19)11(9)4-8/h2-4,7H,6H2,1H3,(H,16,19). The Morgan fingerprint density at radius 1 is 1.45 bits per heavy atom. The number of nitrogens with zero attached hydrogens (tertiary/aromatic N) is 3. The van der Waals surface area contributed by atoms with Gasteiger partial charge in [0.1, 0.15) is 6.07 Å². The van der Waals surface area contributed by atoms with Crippen LogP contribution in [0.25, 0.3) is 11.3 Å². The summed E-state index contributed by atoms with van der Waals surface area (Å²) in [6.07, 6.45) is 3.39. The van der Waals surface area contributed by atoms with Crippen molar-refractivity contribution in [3.05, 3.63) is 41.1 Å². The summed E-state index contributed by atoms with van der Waals surface area (Å²) in [6, 6.07) is 7.65. The number of hydrogen-bond acceptors (Lipinski definition) is 5. The topological polar surface area (TPSA) is 78.7 Å². The van der Waals surface area contributed by atoms with Gasteiger partial charge >= 0.3 is 0 Å². The second kappa shape index (κ2) is 4.94. The molecule has 1 N–H and O–H groups in total. The van der Waals surface area contributed by atoms with Crippen molar-refractivity contribution in [3.63, 3.8) is 0 Å². The number of nitriles is 1. The zero-order valence-corrected chi connectivity index (χ0v) is 11.5. The number of amides is 1. The maximum atomic E-state index is 11.7. The fourth-order valence-electron chi connectivity index (χ4n) is 2.13. The van der Waals surface area contributed by atoms with Crippen LogP contribution >= 0.6 is 11.8 Å². The SMILES string of the molecule is CSc1ncc(C#N)c(-c2ccc3c(c2)C(=O)NC3)n1. The van der Waals surface area contributed by atoms with Crippen LogP contribution in [0.4, 0.5) is 0 Å². The summed E-state index contributed by atoms with van der Waals surface area (Å²) in [5, 5.41) is 12.5. The van der Waals surface area contributed by atoms with Crippen molar-refractivity contribution in [1.29, 1.82) is 5.26 Å². The van der Waals surface area contributed by atoms with Crippen molar-refractivity contribution in [2.45, 2.75) is 11.7 Å². The van der Waals surface area contributed by atoms with Crippen LogP contribution in [0, 0.1) is 11.3 Å². The molecule has 3 rings (SSSR count). The lowest BCUT2D eigenvalue weighted by Crippen LogP contribution is -2.12. The van der Waals surface area contributed by atoms with Crippen LogP contribution < -0.4 is 5.32 Å². The molecule has 2 heterocycles. The van der Waals surface area contributed by atoms with Crippen molar-refractivity contribution in [2.24, 2.45) is 0 Å². The minimum absolute atomic E-state index is 0.0838. The fourth-order valence-corrected chi connectivity index (χ4v) is 2.47. The summed E-state index contributed by atoms with van der Waals surface area (Å²) in [7, 11) is 0. The Kier molecular flexibility index (Phi) is 3.12. The number of benzene rings is 1. The van der Waals surface area contributed by atoms with E-state index in [2.05, 4.69) is 21.4 Å². The van der Waals surface area contributed by atoms with E-state index >= 15 is 0 Å². The first kappa shape index (κ1) is 12.6. The fraction of sp³-hybridized carbons (Fsp3) is 0.143. The van der Waals surface area contributed by atoms with Gasteiger partial charge in [-0.25, -0.2) is 9.97 Å². The van der Waals surface area contributed by atoms with E-state index in [4.69, 9.17) is 0 Å². The summed E-state index contributed by atoms with van der Waals surface area (Å²) in [5.41, 5.74) is 3.35. The molecular formula is C14H10N4OS. The molecule has 5 nitrogen and oxygen atoms in total. The molecule has 98 valence electrons. The molecule has 0 unspecified atom stereocenters. The molecule has 1 aromatic carbocycles. The second-order valence-corrected chi connectivity index (χ2v) is 5.06. The lowest BCUT2D eigenvalue weighted by Gasteiger charge is -2.06. The molecule has 1 aromatic heterocycles. The Morgan fingerprint density at radius 3 is 3.05 bits per heavy atom. The Balaban J connectivity index is 2.16. The van der Waals surface area contributed by atoms with Crippen LogP contribution in [0.15, 0.2) is 29.6 Å². The monoisotopic (exact) mass is 282 g/mol. The molecule has 2 aromatic rings. The smallest absolute Gasteiger partial charge is 0.251 e. The van der Waals surface area contributed by atoms with Gasteiger partial charge in [0.2, 0.25) is 0 Å². The molecular weight excluding hydrogens is 272 g/mol. The van der Waals surface area contributed by atoms with Gasteiger partial charge in [-0.15, -0.1) is 0 Å². The van der Waals surface area contributed by atoms with Crippen molar-refractivity contribution < 1.29 is 4.79 Å². The number of hydrogen-bond donors (Lipinski definition) is 1. The highest BCUT2D eigenvalue weighted by Gasteiger charge is 2.20. The van der Waals surface area contributed by atoms with Crippen LogP contribution in [0.3, 0.4) is 0 Å². The van der Waals surface area contributed by atoms with Gasteiger partial charge in [-0.1, -0.05) is 23.9 Å². The van der Waals surface area contributed by atoms with E-state index in [-0.39, 0.29) is 5.91 Å². The first-order valence-electron chi connectivity index (χ1n) is 5.95. The highest BCUT2D eigenvalue weighted by Crippen LogP contribution is 2.27. The maximum Gasteiger partial charge on any atom is 0.251 e. The summed E-state index contributed by atoms with van der Waals surface area (Å²) < 4.78 is 0. The summed E-state index contributed by atoms with van der Waals surface area (Å²) in [4.78, 5) is 20.2. The predicted octanol–water partition coefficient (Wildman–Crippen LogP) is 1.98. The summed E-state index contributed by atoms with van der Waals surface area (Å²) in [5.74, 6) is -0.0838. The number of carbonyl (C=O) groups excluding carboxylic acids is 1. The quantitative estimate of drug-likeness (QED) is 0.673. The van der Waals surface area contributed by atoms with Crippen molar-refractivity contribution in [3.8, 4) is 17.3 Å². The third-order valence-electron chi connectivity index (χ3n) is 3.14. The normalized spacial score (nSPS) is 12.7. The number of aromatic nitrogens is 2. The van der Waals surface area contributed by atoms with Gasteiger partial charge in [-0.2, -0.15) is 5.26 Å². The molecule has 0 spiro atoms. The van der Waals surface area contributed by atoms with Crippen LogP contribution in [-0.4, -0.2) is 22.1 Å². The van der Waals surface area contributed by atoms with Gasteiger partial charge in [0.15, 0.2) is 5.16 Å². The van der Waals surface area contributed by atoms with Crippen LogP contribution in [0.5, 0.6) is 0 Å². The van der Waals surface area contributed by atoms with Crippen molar-refractivity contribution >= 4 is 17.7 Å². The van der Waals surface area contributed by atoms with E-state index in [9.17, 15) is 10.1 Å². The van der Waals surface area contributed by atoms with Crippen LogP contribution in [-0.2, 0) is 6.54 Å². The second-order valence-electron chi connectivity index (χ2n) is 4.29. The number of nitrogens with one attached hydrogen (secondary N) is 1. The third-order valence-corrected chi connectivity index (χ3v) is 3.70. The number of fused-ring (bicyclic) bond motifs is 1. The molecule has 0 saturated carbocycles. The highest BCUT2D eigenvalue weighted by atomic mass is 32.2. The first-order chi connectivity index (χ1) is 9.72. The molecule has 0 radical (unpaired) electrons. The van der Waals surface area contributed by atoms with E-state index < -0.39 is 0 Å². The molecule has 6 heteroatoms. The van der Waals surface area contributed by atoms with Gasteiger partial charge in [0, 0.05) is 23.9 Å². The maximum absolute atomic E-state index is 11.7. The molecule has 0 saturated heterocycles. The van der Waals surface area contributed by atoms with E-state index in [0.717, 1.165) is 11.1 Å². The number of rotatable bonds is 2. The Hall–Kier alpha value is -2.39. The molecule has 1 aliphatic heterocycles. The first-order valence-corrected chi connectivity index (χ1v) is 7.18. The summed E-state index contributed by atoms with van der Waals surface area (Å²) in [6.45, 7) is 0.555. The third kappa shape index (κ3) is 2.02. The molecule has 0 fully saturated rings. The van der Waals surface area contributed by atoms with Crippen LogP contribution in [0.2, 0.25) is 0 Å². The minimum atomic E-state index is -0.0838. The Morgan fingerprint density at radius 2 is 2.30 bits per heavy atom. The molecule has 20 heavy (non-hydrogen) atoms. The van der Waals surface area contributed by atoms with Gasteiger partial charge < -0.3 is 5.32 Å². The average molecular weight is 282 g/mol. The van der Waals surface area contributed by atoms with Gasteiger partial charge in [-0.05, 0) is 17.9 Å². The predicted molar refractivity (Wildman–Crippen MR) is 75.1 cm³/mol. The minimum Gasteiger partial charge on any atom is -0.348 e. The van der Waals surface area contributed by atoms with E-state index in [1.165, 1.54) is 18.0 Å². The lowest BCUT2D eigenvalue weighted by atomic mass is 10.0. The van der Waals surface area contributed by atoms with Gasteiger partial charge in [-0.3, -0.25) is 4.79 Å². The largest absolute Gasteiger partial charge is 0.348 e. The Bertz CT molecular complexity index is 751. The van der Waals surface area contributed by atoms with Gasteiger partial charge in [0.25, 0.3) is 5.91 Å². The van der Waals surface area contributed by atoms with Crippen LogP contribution in [0.1, 0.15) is 21.5 Å². The molecule has 0 bridgehead atoms. The summed E-state index contributed by atoms with van der Waals surface area (Å²) >= 11 is 1.41.